The molecule has 15 heavy (non-hydrogen) atoms. The van der Waals surface area contributed by atoms with Crippen molar-refractivity contribution in [3.8, 4) is 0 Å². The molecule has 1 unspecified atom stereocenters. The Morgan fingerprint density at radius 3 is 2.33 bits per heavy atom. The van der Waals surface area contributed by atoms with Crippen LogP contribution in [-0.4, -0.2) is 59.0 Å². The van der Waals surface area contributed by atoms with Crippen molar-refractivity contribution >= 4 is 11.8 Å². The quantitative estimate of drug-likeness (QED) is 0.639. The van der Waals surface area contributed by atoms with Gasteiger partial charge in [0.05, 0.1) is 6.10 Å². The summed E-state index contributed by atoms with van der Waals surface area (Å²) in [5, 5.41) is 9.16. The van der Waals surface area contributed by atoms with Gasteiger partial charge in [0.1, 0.15) is 0 Å². The lowest BCUT2D eigenvalue weighted by Crippen LogP contribution is -2.55. The van der Waals surface area contributed by atoms with Crippen molar-refractivity contribution in [3.05, 3.63) is 0 Å². The number of carbonyl (C=O) groups is 2. The molecule has 0 aromatic rings. The van der Waals surface area contributed by atoms with Crippen LogP contribution in [0.1, 0.15) is 20.3 Å². The molecule has 1 heterocycles. The second kappa shape index (κ2) is 5.11. The average molecular weight is 214 g/mol. The predicted molar refractivity (Wildman–Crippen MR) is 55.1 cm³/mol. The molecule has 0 bridgehead atoms. The minimum Gasteiger partial charge on any atom is -0.392 e. The number of rotatable bonds is 4. The third kappa shape index (κ3) is 2.92. The van der Waals surface area contributed by atoms with E-state index < -0.39 is 17.9 Å². The number of aliphatic hydroxyl groups is 1. The first-order valence-corrected chi connectivity index (χ1v) is 5.32. The van der Waals surface area contributed by atoms with Crippen LogP contribution in [0.2, 0.25) is 0 Å². The van der Waals surface area contributed by atoms with Gasteiger partial charge in [-0.3, -0.25) is 9.59 Å². The van der Waals surface area contributed by atoms with Crippen LogP contribution in [0.15, 0.2) is 0 Å². The summed E-state index contributed by atoms with van der Waals surface area (Å²) in [6.07, 6.45) is 0.273. The van der Waals surface area contributed by atoms with Crippen molar-refractivity contribution < 1.29 is 14.7 Å². The van der Waals surface area contributed by atoms with Gasteiger partial charge in [0.25, 0.3) is 0 Å². The van der Waals surface area contributed by atoms with Crippen LogP contribution in [0, 0.1) is 0 Å². The van der Waals surface area contributed by atoms with Crippen LogP contribution in [0.5, 0.6) is 0 Å². The summed E-state index contributed by atoms with van der Waals surface area (Å²) in [5.74, 6) is -0.931. The summed E-state index contributed by atoms with van der Waals surface area (Å²) in [6, 6.07) is 0. The van der Waals surface area contributed by atoms with E-state index >= 15 is 0 Å². The highest BCUT2D eigenvalue weighted by Crippen LogP contribution is 2.06. The maximum Gasteiger partial charge on any atom is 0.312 e. The molecule has 0 aromatic heterocycles. The molecule has 86 valence electrons. The summed E-state index contributed by atoms with van der Waals surface area (Å²) in [6.45, 7) is 5.55. The first-order chi connectivity index (χ1) is 7.06. The summed E-state index contributed by atoms with van der Waals surface area (Å²) >= 11 is 0. The van der Waals surface area contributed by atoms with Gasteiger partial charge in [-0.2, -0.15) is 0 Å². The topological polar surface area (TPSA) is 60.9 Å². The molecule has 1 fully saturated rings. The van der Waals surface area contributed by atoms with Crippen LogP contribution >= 0.6 is 0 Å². The highest BCUT2D eigenvalue weighted by atomic mass is 16.3. The molecule has 0 saturated carbocycles. The van der Waals surface area contributed by atoms with Crippen molar-refractivity contribution in [2.75, 3.05) is 26.2 Å². The third-order valence-corrected chi connectivity index (χ3v) is 2.38. The maximum atomic E-state index is 11.6. The van der Waals surface area contributed by atoms with Gasteiger partial charge in [-0.05, 0) is 13.3 Å². The lowest BCUT2D eigenvalue weighted by atomic mass is 10.2. The Hall–Kier alpha value is -1.10. The number of amides is 2. The van der Waals surface area contributed by atoms with E-state index in [0.29, 0.717) is 19.6 Å². The Labute approximate surface area is 89.7 Å². The van der Waals surface area contributed by atoms with E-state index in [2.05, 4.69) is 0 Å². The summed E-state index contributed by atoms with van der Waals surface area (Å²) < 4.78 is 0. The van der Waals surface area contributed by atoms with E-state index in [1.165, 1.54) is 4.90 Å². The van der Waals surface area contributed by atoms with Gasteiger partial charge >= 0.3 is 11.8 Å². The van der Waals surface area contributed by atoms with Crippen LogP contribution in [0.3, 0.4) is 0 Å². The van der Waals surface area contributed by atoms with Crippen molar-refractivity contribution in [1.82, 2.24) is 9.80 Å². The number of aliphatic hydroxyl groups excluding tert-OH is 1. The number of β-amino-alcohol motifs (C(OH)–C–C–N with tert-alkyl or cyclic N) is 1. The molecule has 1 rings (SSSR count). The van der Waals surface area contributed by atoms with Crippen LogP contribution in [0.25, 0.3) is 0 Å². The van der Waals surface area contributed by atoms with E-state index in [1.807, 2.05) is 6.92 Å². The molecule has 1 saturated heterocycles. The van der Waals surface area contributed by atoms with Gasteiger partial charge < -0.3 is 14.9 Å². The summed E-state index contributed by atoms with van der Waals surface area (Å²) in [7, 11) is 0. The van der Waals surface area contributed by atoms with Gasteiger partial charge in [-0.15, -0.1) is 0 Å². The fourth-order valence-corrected chi connectivity index (χ4v) is 1.69. The molecule has 0 spiro atoms. The zero-order valence-electron chi connectivity index (χ0n) is 9.27. The van der Waals surface area contributed by atoms with Gasteiger partial charge in [0.15, 0.2) is 0 Å². The number of piperazine rings is 1. The van der Waals surface area contributed by atoms with Gasteiger partial charge in [-0.25, -0.2) is 0 Å². The molecular weight excluding hydrogens is 196 g/mol. The minimum atomic E-state index is -0.584. The summed E-state index contributed by atoms with van der Waals surface area (Å²) in [4.78, 5) is 26.1. The standard InChI is InChI=1S/C10H18N2O3/c1-3-4-11-5-6-12(7-8(2)13)10(15)9(11)14/h8,13H,3-7H2,1-2H3. The monoisotopic (exact) mass is 214 g/mol. The zero-order valence-corrected chi connectivity index (χ0v) is 9.27. The molecular formula is C10H18N2O3. The van der Waals surface area contributed by atoms with Crippen molar-refractivity contribution in [2.45, 2.75) is 26.4 Å². The average Bonchev–Trinajstić information content (AvgIpc) is 2.17. The smallest absolute Gasteiger partial charge is 0.312 e. The molecule has 1 aliphatic rings. The van der Waals surface area contributed by atoms with Crippen LogP contribution in [-0.2, 0) is 9.59 Å². The second-order valence-electron chi connectivity index (χ2n) is 3.89. The molecule has 5 nitrogen and oxygen atoms in total. The fraction of sp³-hybridized carbons (Fsp3) is 0.800. The normalized spacial score (nSPS) is 19.7. The minimum absolute atomic E-state index is 0.241. The number of nitrogens with zero attached hydrogens (tertiary/aromatic N) is 2. The van der Waals surface area contributed by atoms with Crippen molar-refractivity contribution in [2.24, 2.45) is 0 Å². The van der Waals surface area contributed by atoms with E-state index in [9.17, 15) is 9.59 Å². The second-order valence-corrected chi connectivity index (χ2v) is 3.89. The van der Waals surface area contributed by atoms with E-state index in [0.717, 1.165) is 6.42 Å². The zero-order chi connectivity index (χ0) is 11.4. The largest absolute Gasteiger partial charge is 0.392 e. The molecule has 2 amide bonds. The molecule has 1 N–H and O–H groups in total. The fourth-order valence-electron chi connectivity index (χ4n) is 1.69. The van der Waals surface area contributed by atoms with E-state index in [-0.39, 0.29) is 6.54 Å². The van der Waals surface area contributed by atoms with E-state index in [1.54, 1.807) is 11.8 Å². The molecule has 0 aliphatic carbocycles. The molecule has 1 aliphatic heterocycles. The lowest BCUT2D eigenvalue weighted by Gasteiger charge is -2.34. The van der Waals surface area contributed by atoms with Crippen LogP contribution < -0.4 is 0 Å². The molecule has 1 atom stereocenters. The Balaban J connectivity index is 2.57. The Kier molecular flexibility index (Phi) is 4.08. The van der Waals surface area contributed by atoms with Crippen molar-refractivity contribution in [3.63, 3.8) is 0 Å². The Morgan fingerprint density at radius 1 is 1.27 bits per heavy atom. The molecule has 0 radical (unpaired) electrons. The maximum absolute atomic E-state index is 11.6. The van der Waals surface area contributed by atoms with Crippen molar-refractivity contribution in [1.29, 1.82) is 0 Å². The number of hydrogen-bond donors (Lipinski definition) is 1. The highest BCUT2D eigenvalue weighted by molar-refractivity contribution is 6.35. The SMILES string of the molecule is CCCN1CCN(CC(C)O)C(=O)C1=O. The number of carbonyl (C=O) groups excluding carboxylic acids is 2. The summed E-state index contributed by atoms with van der Waals surface area (Å²) in [5.41, 5.74) is 0. The molecule has 0 aromatic carbocycles. The number of hydrogen-bond acceptors (Lipinski definition) is 3. The Morgan fingerprint density at radius 2 is 1.80 bits per heavy atom. The third-order valence-electron chi connectivity index (χ3n) is 2.38. The van der Waals surface area contributed by atoms with E-state index in [4.69, 9.17) is 5.11 Å². The van der Waals surface area contributed by atoms with Gasteiger partial charge in [0, 0.05) is 26.2 Å². The first kappa shape index (κ1) is 12.0. The highest BCUT2D eigenvalue weighted by Gasteiger charge is 2.32. The lowest BCUT2D eigenvalue weighted by molar-refractivity contribution is -0.156. The first-order valence-electron chi connectivity index (χ1n) is 5.32. The molecule has 5 heteroatoms. The van der Waals surface area contributed by atoms with Gasteiger partial charge in [0.2, 0.25) is 0 Å². The Bertz CT molecular complexity index is 253. The van der Waals surface area contributed by atoms with Crippen LogP contribution in [0.4, 0.5) is 0 Å². The van der Waals surface area contributed by atoms with Gasteiger partial charge in [-0.1, -0.05) is 6.92 Å². The predicted octanol–water partition coefficient (Wildman–Crippen LogP) is -0.552.